The second-order valence-electron chi connectivity index (χ2n) is 10.4. The van der Waals surface area contributed by atoms with E-state index in [1.165, 1.54) is 24.0 Å². The normalized spacial score (nSPS) is 11.4. The molecule has 0 bridgehead atoms. The molecule has 0 aromatic carbocycles. The molecule has 0 radical (unpaired) electrons. The minimum absolute atomic E-state index is 0.540. The van der Waals surface area contributed by atoms with Crippen molar-refractivity contribution in [3.8, 4) is 22.3 Å². The Hall–Kier alpha value is -5.45. The number of rotatable bonds is 7. The van der Waals surface area contributed by atoms with Crippen molar-refractivity contribution >= 4 is 77.0 Å². The average molecular weight is 674 g/mol. The van der Waals surface area contributed by atoms with Gasteiger partial charge in [-0.05, 0) is 27.7 Å². The van der Waals surface area contributed by atoms with Crippen LogP contribution in [-0.2, 0) is 0 Å². The van der Waals surface area contributed by atoms with Crippen LogP contribution in [0.25, 0.3) is 42.7 Å². The first-order valence-electron chi connectivity index (χ1n) is 14.3. The fraction of sp³-hybridized carbons (Fsp3) is 0.129. The van der Waals surface area contributed by atoms with Gasteiger partial charge in [-0.2, -0.15) is 5.01 Å². The Morgan fingerprint density at radius 1 is 0.596 bits per heavy atom. The maximum Gasteiger partial charge on any atom is 0.211 e. The van der Waals surface area contributed by atoms with Crippen molar-refractivity contribution < 1.29 is 0 Å². The van der Waals surface area contributed by atoms with E-state index in [4.69, 9.17) is 29.9 Å². The van der Waals surface area contributed by atoms with Crippen LogP contribution in [0.1, 0.15) is 21.5 Å². The van der Waals surface area contributed by atoms with E-state index in [2.05, 4.69) is 24.9 Å². The van der Waals surface area contributed by atoms with Crippen molar-refractivity contribution in [2.45, 2.75) is 27.7 Å². The van der Waals surface area contributed by atoms with Gasteiger partial charge in [-0.3, -0.25) is 0 Å². The van der Waals surface area contributed by atoms with Crippen LogP contribution in [0, 0.1) is 27.7 Å². The summed E-state index contributed by atoms with van der Waals surface area (Å²) in [5.41, 5.74) is 5.71. The number of nitrogens with zero attached hydrogens (tertiary/aromatic N) is 13. The molecule has 0 saturated heterocycles. The molecule has 13 nitrogen and oxygen atoms in total. The number of anilines is 4. The first-order chi connectivity index (χ1) is 22.9. The highest BCUT2D eigenvalue weighted by Gasteiger charge is 2.32. The minimum atomic E-state index is 0.540. The molecule has 47 heavy (non-hydrogen) atoms. The van der Waals surface area contributed by atoms with Crippen LogP contribution in [0.3, 0.4) is 0 Å². The van der Waals surface area contributed by atoms with Gasteiger partial charge < -0.3 is 0 Å². The molecule has 8 rings (SSSR count). The molecule has 0 atom stereocenters. The fourth-order valence-electron chi connectivity index (χ4n) is 5.19. The van der Waals surface area contributed by atoms with Gasteiger partial charge in [-0.25, -0.2) is 59.8 Å². The van der Waals surface area contributed by atoms with Gasteiger partial charge in [0.2, 0.25) is 5.13 Å². The average Bonchev–Trinajstić information content (AvgIpc) is 3.81. The lowest BCUT2D eigenvalue weighted by Crippen LogP contribution is -2.38. The summed E-state index contributed by atoms with van der Waals surface area (Å²) in [6, 6.07) is 1.84. The maximum atomic E-state index is 5.06. The van der Waals surface area contributed by atoms with Crippen LogP contribution in [0.5, 0.6) is 0 Å². The van der Waals surface area contributed by atoms with Crippen molar-refractivity contribution in [2.24, 2.45) is 0 Å². The molecular formula is C31H23N13S3. The van der Waals surface area contributed by atoms with Gasteiger partial charge in [0.15, 0.2) is 17.5 Å². The van der Waals surface area contributed by atoms with Crippen LogP contribution in [-0.4, -0.2) is 54.8 Å². The molecule has 0 fully saturated rings. The summed E-state index contributed by atoms with van der Waals surface area (Å²) in [7, 11) is 0. The van der Waals surface area contributed by atoms with Crippen LogP contribution in [0.4, 0.5) is 22.6 Å². The molecule has 16 heteroatoms. The quantitative estimate of drug-likeness (QED) is 0.160. The van der Waals surface area contributed by atoms with Gasteiger partial charge in [0, 0.05) is 77.1 Å². The molecule has 0 aliphatic carbocycles. The van der Waals surface area contributed by atoms with E-state index >= 15 is 0 Å². The minimum Gasteiger partial charge on any atom is -0.244 e. The molecule has 0 saturated carbocycles. The van der Waals surface area contributed by atoms with Gasteiger partial charge in [-0.15, -0.1) is 34.0 Å². The summed E-state index contributed by atoms with van der Waals surface area (Å²) in [6.45, 7) is 7.78. The molecule has 8 heterocycles. The highest BCUT2D eigenvalue weighted by molar-refractivity contribution is 7.19. The first kappa shape index (κ1) is 29.0. The molecule has 230 valence electrons. The Labute approximate surface area is 279 Å². The third kappa shape index (κ3) is 5.21. The molecule has 8 aromatic heterocycles. The SMILES string of the molecule is Cc1csc(N(c2ncc(-c3cncnc3)c3sc(C)nc23)N(c2ccnc(C)n2)c2ncc(-c3cncnc3)c3sc(C)nc23)n1. The van der Waals surface area contributed by atoms with Crippen molar-refractivity contribution in [1.29, 1.82) is 0 Å². The zero-order valence-electron chi connectivity index (χ0n) is 25.4. The fourth-order valence-corrected chi connectivity index (χ4v) is 7.87. The Balaban J connectivity index is 1.43. The van der Waals surface area contributed by atoms with Crippen molar-refractivity contribution in [2.75, 3.05) is 10.0 Å². The summed E-state index contributed by atoms with van der Waals surface area (Å²) in [5.74, 6) is 2.24. The van der Waals surface area contributed by atoms with E-state index in [0.717, 1.165) is 47.4 Å². The van der Waals surface area contributed by atoms with Gasteiger partial charge in [0.25, 0.3) is 0 Å². The number of hydrogen-bond donors (Lipinski definition) is 0. The Bertz CT molecular complexity index is 2390. The lowest BCUT2D eigenvalue weighted by atomic mass is 10.1. The predicted octanol–water partition coefficient (Wildman–Crippen LogP) is 6.98. The van der Waals surface area contributed by atoms with Gasteiger partial charge in [0.05, 0.1) is 25.1 Å². The number of hydrazine groups is 1. The zero-order chi connectivity index (χ0) is 32.1. The third-order valence-corrected chi connectivity index (χ3v) is 10.1. The number of aromatic nitrogens is 11. The topological polar surface area (TPSA) is 148 Å². The van der Waals surface area contributed by atoms with E-state index in [0.29, 0.717) is 39.4 Å². The van der Waals surface area contributed by atoms with E-state index in [1.807, 2.05) is 61.6 Å². The van der Waals surface area contributed by atoms with Crippen molar-refractivity contribution in [1.82, 2.24) is 54.8 Å². The van der Waals surface area contributed by atoms with E-state index < -0.39 is 0 Å². The number of pyridine rings is 2. The van der Waals surface area contributed by atoms with Gasteiger partial charge in [-0.1, -0.05) is 0 Å². The Morgan fingerprint density at radius 3 is 1.66 bits per heavy atom. The Morgan fingerprint density at radius 2 is 1.15 bits per heavy atom. The van der Waals surface area contributed by atoms with E-state index in [1.54, 1.807) is 53.7 Å². The monoisotopic (exact) mass is 673 g/mol. The second-order valence-corrected chi connectivity index (χ2v) is 13.7. The summed E-state index contributed by atoms with van der Waals surface area (Å²) < 4.78 is 1.89. The van der Waals surface area contributed by atoms with Crippen LogP contribution in [0.2, 0.25) is 0 Å². The van der Waals surface area contributed by atoms with Gasteiger partial charge in [0.1, 0.15) is 29.5 Å². The number of fused-ring (bicyclic) bond motifs is 2. The zero-order valence-corrected chi connectivity index (χ0v) is 27.8. The molecule has 0 amide bonds. The summed E-state index contributed by atoms with van der Waals surface area (Å²) >= 11 is 4.65. The van der Waals surface area contributed by atoms with Crippen molar-refractivity contribution in [3.05, 3.63) is 89.0 Å². The van der Waals surface area contributed by atoms with Crippen LogP contribution in [0.15, 0.2) is 67.5 Å². The third-order valence-electron chi connectivity index (χ3n) is 7.12. The highest BCUT2D eigenvalue weighted by Crippen LogP contribution is 2.45. The molecule has 8 aromatic rings. The summed E-state index contributed by atoms with van der Waals surface area (Å²) in [4.78, 5) is 51.3. The standard InChI is InChI=1S/C31H23N13S3/c1-16-13-45-31(39-16)44(30-26-28(47-19(4)42-26)23(12-38-30)21-9-34-15-35-10-21)43(24-5-6-36-17(2)40-24)29-25-27(46-18(3)41-25)22(11-37-29)20-7-32-14-33-8-20/h5-15H,1-4H3. The Kier molecular flexibility index (Phi) is 7.23. The number of hydrogen-bond acceptors (Lipinski definition) is 16. The first-order valence-corrected chi connectivity index (χ1v) is 16.8. The summed E-state index contributed by atoms with van der Waals surface area (Å²) in [6.07, 6.45) is 15.5. The van der Waals surface area contributed by atoms with Crippen molar-refractivity contribution in [3.63, 3.8) is 0 Å². The molecule has 0 unspecified atom stereocenters. The number of thiazole rings is 3. The predicted molar refractivity (Wildman–Crippen MR) is 184 cm³/mol. The molecule has 0 aliphatic rings. The van der Waals surface area contributed by atoms with Gasteiger partial charge >= 0.3 is 0 Å². The lowest BCUT2D eigenvalue weighted by molar-refractivity contribution is 0.896. The lowest BCUT2D eigenvalue weighted by Gasteiger charge is -2.34. The van der Waals surface area contributed by atoms with E-state index in [9.17, 15) is 0 Å². The van der Waals surface area contributed by atoms with Crippen LogP contribution < -0.4 is 10.0 Å². The number of aryl methyl sites for hydroxylation is 4. The second kappa shape index (κ2) is 11.7. The highest BCUT2D eigenvalue weighted by atomic mass is 32.1. The largest absolute Gasteiger partial charge is 0.244 e. The molecule has 0 N–H and O–H groups in total. The molecule has 0 aliphatic heterocycles. The smallest absolute Gasteiger partial charge is 0.211 e. The molecule has 0 spiro atoms. The molecular weight excluding hydrogens is 651 g/mol. The van der Waals surface area contributed by atoms with E-state index in [-0.39, 0.29) is 0 Å². The maximum absolute atomic E-state index is 5.06. The van der Waals surface area contributed by atoms with Crippen LogP contribution >= 0.6 is 34.0 Å². The summed E-state index contributed by atoms with van der Waals surface area (Å²) in [5, 5.41) is 8.25.